The molecule has 1 aromatic rings. The quantitative estimate of drug-likeness (QED) is 0.734. The van der Waals surface area contributed by atoms with E-state index in [0.717, 1.165) is 5.56 Å². The molecule has 1 aromatic carbocycles. The highest BCUT2D eigenvalue weighted by Crippen LogP contribution is 2.16. The summed E-state index contributed by atoms with van der Waals surface area (Å²) in [7, 11) is 0. The van der Waals surface area contributed by atoms with E-state index in [0.29, 0.717) is 13.0 Å². The number of rotatable bonds is 1. The second kappa shape index (κ2) is 5.36. The summed E-state index contributed by atoms with van der Waals surface area (Å²) in [6.07, 6.45) is -0.134. The molecule has 19 heavy (non-hydrogen) atoms. The van der Waals surface area contributed by atoms with E-state index < -0.39 is 23.7 Å². The van der Waals surface area contributed by atoms with Gasteiger partial charge >= 0.3 is 11.8 Å². The number of aryl methyl sites for hydroxylation is 1. The van der Waals surface area contributed by atoms with Crippen LogP contribution < -0.4 is 5.32 Å². The molecule has 1 fully saturated rings. The van der Waals surface area contributed by atoms with Crippen LogP contribution in [0.4, 0.5) is 10.1 Å². The minimum atomic E-state index is -0.890. The third-order valence-corrected chi connectivity index (χ3v) is 3.01. The number of carbonyl (C=O) groups excluding carboxylic acids is 2. The molecule has 1 atom stereocenters. The van der Waals surface area contributed by atoms with E-state index >= 15 is 0 Å². The Balaban J connectivity index is 2.04. The van der Waals surface area contributed by atoms with E-state index in [9.17, 15) is 19.1 Å². The van der Waals surface area contributed by atoms with Gasteiger partial charge in [0.1, 0.15) is 5.82 Å². The summed E-state index contributed by atoms with van der Waals surface area (Å²) in [5.41, 5.74) is 0.763. The van der Waals surface area contributed by atoms with Gasteiger partial charge in [0.15, 0.2) is 0 Å². The van der Waals surface area contributed by atoms with Gasteiger partial charge < -0.3 is 15.3 Å². The third-order valence-electron chi connectivity index (χ3n) is 3.01. The lowest BCUT2D eigenvalue weighted by atomic mass is 10.2. The van der Waals surface area contributed by atoms with Crippen molar-refractivity contribution in [2.24, 2.45) is 0 Å². The number of amides is 2. The molecule has 1 aliphatic rings. The fourth-order valence-electron chi connectivity index (χ4n) is 1.98. The van der Waals surface area contributed by atoms with E-state index in [1.165, 1.54) is 17.0 Å². The molecule has 5 nitrogen and oxygen atoms in total. The molecule has 0 bridgehead atoms. The summed E-state index contributed by atoms with van der Waals surface area (Å²) in [5, 5.41) is 11.6. The maximum absolute atomic E-state index is 13.5. The molecular formula is C13H15FN2O3. The summed E-state index contributed by atoms with van der Waals surface area (Å²) < 4.78 is 13.5. The molecular weight excluding hydrogens is 251 g/mol. The molecule has 0 aromatic heterocycles. The molecule has 2 amide bonds. The topological polar surface area (TPSA) is 69.6 Å². The number of β-amino-alcohol motifs (C(OH)–C–C–N with tert-alkyl or cyclic N) is 1. The summed E-state index contributed by atoms with van der Waals surface area (Å²) in [4.78, 5) is 24.7. The van der Waals surface area contributed by atoms with E-state index in [4.69, 9.17) is 0 Å². The van der Waals surface area contributed by atoms with Crippen molar-refractivity contribution >= 4 is 17.5 Å². The number of anilines is 1. The second-order valence-electron chi connectivity index (χ2n) is 4.63. The summed E-state index contributed by atoms with van der Waals surface area (Å²) in [6.45, 7) is 2.24. The maximum atomic E-state index is 13.5. The SMILES string of the molecule is Cc1ccc(F)c(NC(=O)C(=O)N2CC[C@@H](O)C2)c1. The van der Waals surface area contributed by atoms with Gasteiger partial charge in [-0.15, -0.1) is 0 Å². The molecule has 0 unspecified atom stereocenters. The summed E-state index contributed by atoms with van der Waals surface area (Å²) in [5.74, 6) is -2.23. The van der Waals surface area contributed by atoms with Crippen LogP contribution in [-0.4, -0.2) is 41.0 Å². The number of carbonyl (C=O) groups is 2. The molecule has 0 spiro atoms. The molecule has 6 heteroatoms. The summed E-state index contributed by atoms with van der Waals surface area (Å²) in [6, 6.07) is 4.26. The molecule has 1 saturated heterocycles. The van der Waals surface area contributed by atoms with Crippen LogP contribution in [0.2, 0.25) is 0 Å². The molecule has 102 valence electrons. The molecule has 2 rings (SSSR count). The van der Waals surface area contributed by atoms with Gasteiger partial charge in [-0.2, -0.15) is 0 Å². The first-order chi connectivity index (χ1) is 8.97. The monoisotopic (exact) mass is 266 g/mol. The largest absolute Gasteiger partial charge is 0.391 e. The van der Waals surface area contributed by atoms with Crippen LogP contribution in [0.5, 0.6) is 0 Å². The molecule has 0 radical (unpaired) electrons. The highest BCUT2D eigenvalue weighted by atomic mass is 19.1. The van der Waals surface area contributed by atoms with Gasteiger partial charge in [0.25, 0.3) is 0 Å². The normalized spacial score (nSPS) is 18.5. The van der Waals surface area contributed by atoms with Crippen LogP contribution in [0.3, 0.4) is 0 Å². The van der Waals surface area contributed by atoms with Gasteiger partial charge in [0, 0.05) is 13.1 Å². The predicted octanol–water partition coefficient (Wildman–Crippen LogP) is 0.666. The van der Waals surface area contributed by atoms with Crippen molar-refractivity contribution in [3.8, 4) is 0 Å². The van der Waals surface area contributed by atoms with Gasteiger partial charge in [-0.25, -0.2) is 4.39 Å². The Morgan fingerprint density at radius 2 is 2.21 bits per heavy atom. The Hall–Kier alpha value is -1.95. The number of nitrogens with zero attached hydrogens (tertiary/aromatic N) is 1. The molecule has 1 heterocycles. The van der Waals surface area contributed by atoms with E-state index in [-0.39, 0.29) is 12.2 Å². The molecule has 0 aliphatic carbocycles. The van der Waals surface area contributed by atoms with E-state index in [2.05, 4.69) is 5.32 Å². The van der Waals surface area contributed by atoms with Gasteiger partial charge in [0.2, 0.25) is 0 Å². The fourth-order valence-corrected chi connectivity index (χ4v) is 1.98. The number of aliphatic hydroxyl groups is 1. The zero-order valence-electron chi connectivity index (χ0n) is 10.5. The molecule has 2 N–H and O–H groups in total. The lowest BCUT2D eigenvalue weighted by Gasteiger charge is -2.15. The maximum Gasteiger partial charge on any atom is 0.313 e. The number of benzene rings is 1. The number of likely N-dealkylation sites (tertiary alicyclic amines) is 1. The van der Waals surface area contributed by atoms with Gasteiger partial charge in [-0.3, -0.25) is 9.59 Å². The van der Waals surface area contributed by atoms with Crippen molar-refractivity contribution in [1.82, 2.24) is 4.90 Å². The fraction of sp³-hybridized carbons (Fsp3) is 0.385. The van der Waals surface area contributed by atoms with Crippen molar-refractivity contribution < 1.29 is 19.1 Å². The Morgan fingerprint density at radius 3 is 2.84 bits per heavy atom. The number of halogens is 1. The average Bonchev–Trinajstić information content (AvgIpc) is 2.79. The predicted molar refractivity (Wildman–Crippen MR) is 67.0 cm³/mol. The first kappa shape index (κ1) is 13.5. The Morgan fingerprint density at radius 1 is 1.47 bits per heavy atom. The second-order valence-corrected chi connectivity index (χ2v) is 4.63. The minimum Gasteiger partial charge on any atom is -0.391 e. The zero-order valence-corrected chi connectivity index (χ0v) is 10.5. The smallest absolute Gasteiger partial charge is 0.313 e. The standard InChI is InChI=1S/C13H15FN2O3/c1-8-2-3-10(14)11(6-8)15-12(18)13(19)16-5-4-9(17)7-16/h2-3,6,9,17H,4-5,7H2,1H3,(H,15,18)/t9-/m1/s1. The van der Waals surface area contributed by atoms with E-state index in [1.54, 1.807) is 13.0 Å². The van der Waals surface area contributed by atoms with Crippen LogP contribution in [0.25, 0.3) is 0 Å². The van der Waals surface area contributed by atoms with E-state index in [1.807, 2.05) is 0 Å². The van der Waals surface area contributed by atoms with Crippen molar-refractivity contribution in [2.45, 2.75) is 19.4 Å². The molecule has 0 saturated carbocycles. The van der Waals surface area contributed by atoms with Crippen LogP contribution >= 0.6 is 0 Å². The Kier molecular flexibility index (Phi) is 3.80. The Labute approximate surface area is 110 Å². The van der Waals surface area contributed by atoms with Gasteiger partial charge in [0.05, 0.1) is 11.8 Å². The van der Waals surface area contributed by atoms with Crippen LogP contribution in [0.1, 0.15) is 12.0 Å². The third kappa shape index (κ3) is 3.08. The minimum absolute atomic E-state index is 0.0157. The first-order valence-corrected chi connectivity index (χ1v) is 6.02. The average molecular weight is 266 g/mol. The van der Waals surface area contributed by atoms with Gasteiger partial charge in [-0.05, 0) is 31.0 Å². The Bertz CT molecular complexity index is 519. The van der Waals surface area contributed by atoms with Crippen LogP contribution in [0.15, 0.2) is 18.2 Å². The van der Waals surface area contributed by atoms with Crippen molar-refractivity contribution in [2.75, 3.05) is 18.4 Å². The first-order valence-electron chi connectivity index (χ1n) is 6.02. The number of hydrogen-bond donors (Lipinski definition) is 2. The highest BCUT2D eigenvalue weighted by Gasteiger charge is 2.29. The lowest BCUT2D eigenvalue weighted by molar-refractivity contribution is -0.142. The zero-order chi connectivity index (χ0) is 14.0. The number of nitrogens with one attached hydrogen (secondary N) is 1. The van der Waals surface area contributed by atoms with Crippen LogP contribution in [-0.2, 0) is 9.59 Å². The van der Waals surface area contributed by atoms with Crippen molar-refractivity contribution in [3.05, 3.63) is 29.6 Å². The van der Waals surface area contributed by atoms with Crippen LogP contribution in [0, 0.1) is 12.7 Å². The van der Waals surface area contributed by atoms with Crippen molar-refractivity contribution in [1.29, 1.82) is 0 Å². The summed E-state index contributed by atoms with van der Waals surface area (Å²) >= 11 is 0. The van der Waals surface area contributed by atoms with Crippen molar-refractivity contribution in [3.63, 3.8) is 0 Å². The number of hydrogen-bond acceptors (Lipinski definition) is 3. The lowest BCUT2D eigenvalue weighted by Crippen LogP contribution is -2.38. The highest BCUT2D eigenvalue weighted by molar-refractivity contribution is 6.39. The molecule has 1 aliphatic heterocycles. The van der Waals surface area contributed by atoms with Gasteiger partial charge in [-0.1, -0.05) is 6.07 Å². The number of aliphatic hydroxyl groups excluding tert-OH is 1.